The predicted molar refractivity (Wildman–Crippen MR) is 83.9 cm³/mol. The molecule has 0 aliphatic rings. The average molecular weight is 274 g/mol. The van der Waals surface area contributed by atoms with Gasteiger partial charge in [-0.25, -0.2) is 4.68 Å². The maximum Gasteiger partial charge on any atom is 0.140 e. The molecule has 0 unspecified atom stereocenters. The third-order valence-electron chi connectivity index (χ3n) is 3.09. The molecule has 0 radical (unpaired) electrons. The van der Waals surface area contributed by atoms with Gasteiger partial charge in [0.2, 0.25) is 0 Å². The molecule has 1 aromatic carbocycles. The summed E-state index contributed by atoms with van der Waals surface area (Å²) in [7, 11) is -1.02. The molecule has 0 saturated carbocycles. The zero-order valence-corrected chi connectivity index (χ0v) is 13.0. The molecule has 0 aliphatic carbocycles. The summed E-state index contributed by atoms with van der Waals surface area (Å²) < 4.78 is 7.68. The van der Waals surface area contributed by atoms with E-state index in [9.17, 15) is 0 Å². The Kier molecular flexibility index (Phi) is 4.22. The minimum absolute atomic E-state index is 0.513. The molecule has 4 heteroatoms. The highest BCUT2D eigenvalue weighted by molar-refractivity contribution is 6.76. The van der Waals surface area contributed by atoms with Crippen LogP contribution >= 0.6 is 0 Å². The maximum atomic E-state index is 5.76. The Morgan fingerprint density at radius 1 is 1.32 bits per heavy atom. The van der Waals surface area contributed by atoms with E-state index in [1.807, 2.05) is 16.8 Å². The van der Waals surface area contributed by atoms with Crippen LogP contribution in [-0.4, -0.2) is 24.5 Å². The van der Waals surface area contributed by atoms with E-state index in [0.717, 1.165) is 23.2 Å². The maximum absolute atomic E-state index is 5.76. The van der Waals surface area contributed by atoms with Gasteiger partial charge < -0.3 is 4.74 Å². The molecule has 0 saturated heterocycles. The van der Waals surface area contributed by atoms with Gasteiger partial charge in [-0.3, -0.25) is 0 Å². The summed E-state index contributed by atoms with van der Waals surface area (Å²) in [6.45, 7) is 12.2. The van der Waals surface area contributed by atoms with E-state index in [-0.39, 0.29) is 0 Å². The molecule has 102 valence electrons. The molecule has 0 bridgehead atoms. The first kappa shape index (κ1) is 14.0. The second-order valence-electron chi connectivity index (χ2n) is 5.95. The monoisotopic (exact) mass is 274 g/mol. The van der Waals surface area contributed by atoms with E-state index in [1.165, 1.54) is 6.04 Å². The molecule has 0 fully saturated rings. The summed E-state index contributed by atoms with van der Waals surface area (Å²) >= 11 is 0. The number of hydrogen-bond acceptors (Lipinski definition) is 2. The van der Waals surface area contributed by atoms with Crippen molar-refractivity contribution in [2.75, 3.05) is 6.61 Å². The van der Waals surface area contributed by atoms with Crippen molar-refractivity contribution < 1.29 is 4.74 Å². The van der Waals surface area contributed by atoms with E-state index >= 15 is 0 Å². The van der Waals surface area contributed by atoms with Crippen LogP contribution in [0, 0.1) is 0 Å². The number of para-hydroxylation sites is 1. The van der Waals surface area contributed by atoms with Crippen LogP contribution in [0.15, 0.2) is 30.8 Å². The lowest BCUT2D eigenvalue weighted by molar-refractivity contribution is 0.0816. The van der Waals surface area contributed by atoms with E-state index in [2.05, 4.69) is 43.5 Å². The van der Waals surface area contributed by atoms with Gasteiger partial charge in [-0.2, -0.15) is 5.10 Å². The summed E-state index contributed by atoms with van der Waals surface area (Å²) in [5, 5.41) is 5.66. The fourth-order valence-corrected chi connectivity index (χ4v) is 2.69. The molecule has 0 atom stereocenters. The smallest absolute Gasteiger partial charge is 0.140 e. The number of rotatable bonds is 6. The first-order chi connectivity index (χ1) is 9.01. The van der Waals surface area contributed by atoms with Crippen LogP contribution in [0.25, 0.3) is 17.0 Å². The Labute approximate surface area is 115 Å². The van der Waals surface area contributed by atoms with Crippen LogP contribution in [0.2, 0.25) is 25.7 Å². The zero-order valence-electron chi connectivity index (χ0n) is 12.0. The fourth-order valence-electron chi connectivity index (χ4n) is 1.93. The van der Waals surface area contributed by atoms with E-state index < -0.39 is 8.07 Å². The third kappa shape index (κ3) is 3.55. The van der Waals surface area contributed by atoms with E-state index in [4.69, 9.17) is 4.74 Å². The van der Waals surface area contributed by atoms with Crippen LogP contribution in [0.1, 0.15) is 5.69 Å². The van der Waals surface area contributed by atoms with Crippen molar-refractivity contribution >= 4 is 25.1 Å². The highest BCUT2D eigenvalue weighted by Gasteiger charge is 2.12. The Bertz CT molecular complexity index is 569. The highest BCUT2D eigenvalue weighted by atomic mass is 28.3. The Morgan fingerprint density at radius 2 is 2.05 bits per heavy atom. The van der Waals surface area contributed by atoms with E-state index in [0.29, 0.717) is 6.73 Å². The SMILES string of the molecule is C=Cc1nn(COCC[Si](C)(C)C)c2ccccc12. The van der Waals surface area contributed by atoms with Gasteiger partial charge in [0.1, 0.15) is 6.73 Å². The van der Waals surface area contributed by atoms with Gasteiger partial charge in [-0.1, -0.05) is 44.4 Å². The molecular weight excluding hydrogens is 252 g/mol. The minimum Gasteiger partial charge on any atom is -0.360 e. The van der Waals surface area contributed by atoms with Crippen LogP contribution in [0.4, 0.5) is 0 Å². The number of fused-ring (bicyclic) bond motifs is 1. The third-order valence-corrected chi connectivity index (χ3v) is 4.79. The van der Waals surface area contributed by atoms with Gasteiger partial charge in [-0.05, 0) is 18.2 Å². The van der Waals surface area contributed by atoms with E-state index in [1.54, 1.807) is 6.08 Å². The number of benzene rings is 1. The molecular formula is C15H22N2OSi. The summed E-state index contributed by atoms with van der Waals surface area (Å²) in [6.07, 6.45) is 1.79. The largest absolute Gasteiger partial charge is 0.360 e. The van der Waals surface area contributed by atoms with Crippen LogP contribution in [-0.2, 0) is 11.5 Å². The summed E-state index contributed by atoms with van der Waals surface area (Å²) in [4.78, 5) is 0. The van der Waals surface area contributed by atoms with Crippen molar-refractivity contribution in [1.82, 2.24) is 9.78 Å². The molecule has 1 aromatic heterocycles. The standard InChI is InChI=1S/C15H22N2OSi/c1-5-14-13-8-6-7-9-15(13)17(16-14)12-18-10-11-19(2,3)4/h5-9H,1,10-12H2,2-4H3. The molecule has 1 heterocycles. The predicted octanol–water partition coefficient (Wildman–Crippen LogP) is 3.99. The highest BCUT2D eigenvalue weighted by Crippen LogP contribution is 2.19. The lowest BCUT2D eigenvalue weighted by atomic mass is 10.2. The quantitative estimate of drug-likeness (QED) is 0.588. The molecule has 0 spiro atoms. The fraction of sp³-hybridized carbons (Fsp3) is 0.400. The lowest BCUT2D eigenvalue weighted by Gasteiger charge is -2.15. The van der Waals surface area contributed by atoms with Crippen molar-refractivity contribution in [2.24, 2.45) is 0 Å². The van der Waals surface area contributed by atoms with Gasteiger partial charge >= 0.3 is 0 Å². The first-order valence-electron chi connectivity index (χ1n) is 6.67. The van der Waals surface area contributed by atoms with Crippen molar-refractivity contribution in [2.45, 2.75) is 32.4 Å². The molecule has 0 amide bonds. The number of aromatic nitrogens is 2. The lowest BCUT2D eigenvalue weighted by Crippen LogP contribution is -2.22. The first-order valence-corrected chi connectivity index (χ1v) is 10.4. The van der Waals surface area contributed by atoms with Gasteiger partial charge in [0.05, 0.1) is 11.2 Å². The van der Waals surface area contributed by atoms with Crippen molar-refractivity contribution in [1.29, 1.82) is 0 Å². The molecule has 0 N–H and O–H groups in total. The van der Waals surface area contributed by atoms with Gasteiger partial charge in [0.15, 0.2) is 0 Å². The summed E-state index contributed by atoms with van der Waals surface area (Å²) in [5.41, 5.74) is 2.02. The molecule has 2 rings (SSSR count). The molecule has 2 aromatic rings. The van der Waals surface area contributed by atoms with Crippen molar-refractivity contribution in [3.05, 3.63) is 36.5 Å². The van der Waals surface area contributed by atoms with Crippen LogP contribution in [0.5, 0.6) is 0 Å². The second-order valence-corrected chi connectivity index (χ2v) is 11.6. The van der Waals surface area contributed by atoms with Gasteiger partial charge in [0.25, 0.3) is 0 Å². The van der Waals surface area contributed by atoms with Crippen LogP contribution in [0.3, 0.4) is 0 Å². The van der Waals surface area contributed by atoms with Crippen LogP contribution < -0.4 is 0 Å². The number of hydrogen-bond donors (Lipinski definition) is 0. The summed E-state index contributed by atoms with van der Waals surface area (Å²) in [5.74, 6) is 0. The van der Waals surface area contributed by atoms with Gasteiger partial charge in [0, 0.05) is 20.1 Å². The molecule has 19 heavy (non-hydrogen) atoms. The summed E-state index contributed by atoms with van der Waals surface area (Å²) in [6, 6.07) is 9.36. The molecule has 0 aliphatic heterocycles. The Morgan fingerprint density at radius 3 is 2.74 bits per heavy atom. The zero-order chi connectivity index (χ0) is 13.9. The van der Waals surface area contributed by atoms with Crippen molar-refractivity contribution in [3.8, 4) is 0 Å². The van der Waals surface area contributed by atoms with Gasteiger partial charge in [-0.15, -0.1) is 0 Å². The number of ether oxygens (including phenoxy) is 1. The minimum atomic E-state index is -1.02. The second kappa shape index (κ2) is 5.71. The Hall–Kier alpha value is -1.39. The van der Waals surface area contributed by atoms with Crippen molar-refractivity contribution in [3.63, 3.8) is 0 Å². The topological polar surface area (TPSA) is 27.1 Å². The average Bonchev–Trinajstić information content (AvgIpc) is 2.72. The normalized spacial score (nSPS) is 11.9. The molecule has 3 nitrogen and oxygen atoms in total. The number of nitrogens with zero attached hydrogens (tertiary/aromatic N) is 2. The Balaban J connectivity index is 2.07.